The Hall–Kier alpha value is -2.69. The summed E-state index contributed by atoms with van der Waals surface area (Å²) in [6.07, 6.45) is 0. The standard InChI is InChI=1S/C26H23BrClNO2/c1-2-30-25-14-20(16-29-24-13-7-10-18-8-3-5-11-21(18)24)22(27)15-26(25)31-17-19-9-4-6-12-23(19)28/h3-15,29H,2,16-17H2,1H3. The first-order chi connectivity index (χ1) is 15.2. The molecule has 31 heavy (non-hydrogen) atoms. The minimum atomic E-state index is 0.375. The molecule has 3 nitrogen and oxygen atoms in total. The Morgan fingerprint density at radius 2 is 1.58 bits per heavy atom. The van der Waals surface area contributed by atoms with Gasteiger partial charge in [0.15, 0.2) is 11.5 Å². The van der Waals surface area contributed by atoms with Crippen LogP contribution in [-0.2, 0) is 13.2 Å². The number of benzene rings is 4. The number of halogens is 2. The van der Waals surface area contributed by atoms with Gasteiger partial charge in [0.25, 0.3) is 0 Å². The Morgan fingerprint density at radius 3 is 2.42 bits per heavy atom. The first-order valence-corrected chi connectivity index (χ1v) is 11.4. The summed E-state index contributed by atoms with van der Waals surface area (Å²) in [6.45, 7) is 3.55. The highest BCUT2D eigenvalue weighted by molar-refractivity contribution is 9.10. The number of rotatable bonds is 8. The van der Waals surface area contributed by atoms with Gasteiger partial charge in [-0.1, -0.05) is 82.1 Å². The molecule has 0 spiro atoms. The van der Waals surface area contributed by atoms with Gasteiger partial charge in [0.1, 0.15) is 6.61 Å². The van der Waals surface area contributed by atoms with E-state index in [4.69, 9.17) is 21.1 Å². The molecule has 4 aromatic carbocycles. The molecule has 0 atom stereocenters. The van der Waals surface area contributed by atoms with Crippen LogP contribution in [-0.4, -0.2) is 6.61 Å². The Kier molecular flexibility index (Phi) is 7.00. The van der Waals surface area contributed by atoms with E-state index in [9.17, 15) is 0 Å². The van der Waals surface area contributed by atoms with Crippen LogP contribution in [0.2, 0.25) is 5.02 Å². The average molecular weight is 497 g/mol. The number of anilines is 1. The molecular formula is C26H23BrClNO2. The molecule has 158 valence electrons. The molecule has 4 aromatic rings. The fraction of sp³-hybridized carbons (Fsp3) is 0.154. The van der Waals surface area contributed by atoms with Gasteiger partial charge in [-0.3, -0.25) is 0 Å². The molecule has 1 N–H and O–H groups in total. The largest absolute Gasteiger partial charge is 0.490 e. The highest BCUT2D eigenvalue weighted by atomic mass is 79.9. The van der Waals surface area contributed by atoms with Gasteiger partial charge < -0.3 is 14.8 Å². The van der Waals surface area contributed by atoms with Crippen molar-refractivity contribution in [2.24, 2.45) is 0 Å². The second kappa shape index (κ2) is 10.1. The van der Waals surface area contributed by atoms with Gasteiger partial charge in [-0.2, -0.15) is 0 Å². The van der Waals surface area contributed by atoms with Gasteiger partial charge in [-0.05, 0) is 42.1 Å². The third-order valence-corrected chi connectivity index (χ3v) is 6.12. The van der Waals surface area contributed by atoms with Crippen molar-refractivity contribution in [1.82, 2.24) is 0 Å². The molecule has 0 aromatic heterocycles. The molecule has 0 aliphatic rings. The van der Waals surface area contributed by atoms with Gasteiger partial charge in [-0.25, -0.2) is 0 Å². The quantitative estimate of drug-likeness (QED) is 0.269. The summed E-state index contributed by atoms with van der Waals surface area (Å²) in [4.78, 5) is 0. The van der Waals surface area contributed by atoms with Crippen LogP contribution in [0.5, 0.6) is 11.5 Å². The van der Waals surface area contributed by atoms with Gasteiger partial charge in [0.2, 0.25) is 0 Å². The Balaban J connectivity index is 1.54. The van der Waals surface area contributed by atoms with Crippen LogP contribution in [0.3, 0.4) is 0 Å². The molecule has 0 bridgehead atoms. The van der Waals surface area contributed by atoms with Gasteiger partial charge in [0, 0.05) is 32.7 Å². The van der Waals surface area contributed by atoms with Crippen molar-refractivity contribution in [1.29, 1.82) is 0 Å². The topological polar surface area (TPSA) is 30.5 Å². The Morgan fingerprint density at radius 1 is 0.839 bits per heavy atom. The summed E-state index contributed by atoms with van der Waals surface area (Å²) in [5.41, 5.74) is 3.12. The highest BCUT2D eigenvalue weighted by Gasteiger charge is 2.12. The molecule has 4 rings (SSSR count). The van der Waals surface area contributed by atoms with Crippen molar-refractivity contribution in [3.8, 4) is 11.5 Å². The van der Waals surface area contributed by atoms with E-state index >= 15 is 0 Å². The van der Waals surface area contributed by atoms with Crippen LogP contribution >= 0.6 is 27.5 Å². The fourth-order valence-electron chi connectivity index (χ4n) is 3.43. The molecular weight excluding hydrogens is 474 g/mol. The molecule has 0 saturated carbocycles. The molecule has 0 unspecified atom stereocenters. The van der Waals surface area contributed by atoms with Crippen molar-refractivity contribution >= 4 is 44.0 Å². The molecule has 0 amide bonds. The number of fused-ring (bicyclic) bond motifs is 1. The summed E-state index contributed by atoms with van der Waals surface area (Å²) < 4.78 is 12.9. The maximum Gasteiger partial charge on any atom is 0.162 e. The third-order valence-electron chi connectivity index (χ3n) is 5.01. The van der Waals surface area contributed by atoms with E-state index in [-0.39, 0.29) is 0 Å². The average Bonchev–Trinajstić information content (AvgIpc) is 2.79. The maximum atomic E-state index is 6.26. The first-order valence-electron chi connectivity index (χ1n) is 10.2. The molecule has 0 aliphatic heterocycles. The lowest BCUT2D eigenvalue weighted by atomic mass is 10.1. The SMILES string of the molecule is CCOc1cc(CNc2cccc3ccccc23)c(Br)cc1OCc1ccccc1Cl. The predicted molar refractivity (Wildman–Crippen MR) is 132 cm³/mol. The lowest BCUT2D eigenvalue weighted by Crippen LogP contribution is -2.04. The third kappa shape index (κ3) is 5.15. The minimum Gasteiger partial charge on any atom is -0.490 e. The smallest absolute Gasteiger partial charge is 0.162 e. The van der Waals surface area contributed by atoms with Crippen LogP contribution in [0, 0.1) is 0 Å². The maximum absolute atomic E-state index is 6.26. The van der Waals surface area contributed by atoms with E-state index in [0.717, 1.165) is 21.3 Å². The van der Waals surface area contributed by atoms with E-state index in [1.165, 1.54) is 10.8 Å². The molecule has 0 heterocycles. The van der Waals surface area contributed by atoms with E-state index in [1.807, 2.05) is 43.3 Å². The summed E-state index contributed by atoms with van der Waals surface area (Å²) in [5.74, 6) is 1.40. The molecule has 0 aliphatic carbocycles. The lowest BCUT2D eigenvalue weighted by molar-refractivity contribution is 0.269. The molecule has 0 saturated heterocycles. The monoisotopic (exact) mass is 495 g/mol. The van der Waals surface area contributed by atoms with Crippen LogP contribution in [0.25, 0.3) is 10.8 Å². The van der Waals surface area contributed by atoms with Gasteiger partial charge in [-0.15, -0.1) is 0 Å². The van der Waals surface area contributed by atoms with Crippen LogP contribution < -0.4 is 14.8 Å². The zero-order valence-electron chi connectivity index (χ0n) is 17.2. The van der Waals surface area contributed by atoms with Crippen LogP contribution in [0.1, 0.15) is 18.1 Å². The van der Waals surface area contributed by atoms with E-state index in [2.05, 4.69) is 63.7 Å². The Labute approximate surface area is 196 Å². The first kappa shape index (κ1) is 21.5. The van der Waals surface area contributed by atoms with Crippen molar-refractivity contribution in [3.63, 3.8) is 0 Å². The van der Waals surface area contributed by atoms with Crippen molar-refractivity contribution in [2.45, 2.75) is 20.1 Å². The number of hydrogen-bond donors (Lipinski definition) is 1. The minimum absolute atomic E-state index is 0.375. The molecule has 0 radical (unpaired) electrons. The van der Waals surface area contributed by atoms with Gasteiger partial charge in [0.05, 0.1) is 6.61 Å². The van der Waals surface area contributed by atoms with Crippen LogP contribution in [0.15, 0.2) is 83.3 Å². The second-order valence-corrected chi connectivity index (χ2v) is 8.35. The van der Waals surface area contributed by atoms with Crippen molar-refractivity contribution in [3.05, 3.63) is 99.5 Å². The van der Waals surface area contributed by atoms with Crippen molar-refractivity contribution < 1.29 is 9.47 Å². The van der Waals surface area contributed by atoms with E-state index in [1.54, 1.807) is 0 Å². The lowest BCUT2D eigenvalue weighted by Gasteiger charge is -2.16. The fourth-order valence-corrected chi connectivity index (χ4v) is 4.09. The molecule has 0 fully saturated rings. The van der Waals surface area contributed by atoms with Crippen LogP contribution in [0.4, 0.5) is 5.69 Å². The van der Waals surface area contributed by atoms with E-state index in [0.29, 0.717) is 36.3 Å². The summed E-state index contributed by atoms with van der Waals surface area (Å²) in [6, 6.07) is 26.3. The zero-order chi connectivity index (χ0) is 21.6. The molecule has 5 heteroatoms. The highest BCUT2D eigenvalue weighted by Crippen LogP contribution is 2.35. The number of nitrogens with one attached hydrogen (secondary N) is 1. The summed E-state index contributed by atoms with van der Waals surface area (Å²) in [5, 5.41) is 6.66. The summed E-state index contributed by atoms with van der Waals surface area (Å²) in [7, 11) is 0. The zero-order valence-corrected chi connectivity index (χ0v) is 19.5. The number of hydrogen-bond acceptors (Lipinski definition) is 3. The van der Waals surface area contributed by atoms with Crippen molar-refractivity contribution in [2.75, 3.05) is 11.9 Å². The summed E-state index contributed by atoms with van der Waals surface area (Å²) >= 11 is 9.95. The number of ether oxygens (including phenoxy) is 2. The Bertz CT molecular complexity index is 1190. The second-order valence-electron chi connectivity index (χ2n) is 7.08. The van der Waals surface area contributed by atoms with E-state index < -0.39 is 0 Å². The van der Waals surface area contributed by atoms with Gasteiger partial charge >= 0.3 is 0 Å². The predicted octanol–water partition coefficient (Wildman–Crippen LogP) is 7.85. The normalized spacial score (nSPS) is 10.8.